The molecule has 3 rings (SSSR count). The van der Waals surface area contributed by atoms with Gasteiger partial charge in [0.05, 0.1) is 12.8 Å². The Morgan fingerprint density at radius 2 is 1.84 bits per heavy atom. The van der Waals surface area contributed by atoms with E-state index < -0.39 is 0 Å². The molecule has 0 spiro atoms. The second-order valence-corrected chi connectivity index (χ2v) is 5.73. The number of benzene rings is 1. The number of fused-ring (bicyclic) bond motifs is 1. The number of rotatable bonds is 7. The van der Waals surface area contributed by atoms with E-state index in [1.165, 1.54) is 0 Å². The van der Waals surface area contributed by atoms with Gasteiger partial charge >= 0.3 is 6.03 Å². The summed E-state index contributed by atoms with van der Waals surface area (Å²) in [6, 6.07) is 13.6. The lowest BCUT2D eigenvalue weighted by atomic mass is 10.1. The first-order valence-corrected chi connectivity index (χ1v) is 8.32. The first kappa shape index (κ1) is 16.8. The van der Waals surface area contributed by atoms with Gasteiger partial charge in [0.2, 0.25) is 0 Å². The van der Waals surface area contributed by atoms with Gasteiger partial charge < -0.3 is 19.8 Å². The summed E-state index contributed by atoms with van der Waals surface area (Å²) < 4.78 is 7.10. The third-order valence-electron chi connectivity index (χ3n) is 3.94. The monoisotopic (exact) mass is 338 g/mol. The highest BCUT2D eigenvalue weighted by Gasteiger charge is 2.03. The molecule has 25 heavy (non-hydrogen) atoms. The Morgan fingerprint density at radius 3 is 2.56 bits per heavy atom. The Labute approximate surface area is 146 Å². The Morgan fingerprint density at radius 1 is 1.08 bits per heavy atom. The van der Waals surface area contributed by atoms with Gasteiger partial charge in [-0.1, -0.05) is 18.2 Å². The number of methoxy groups -OCH3 is 1. The molecule has 0 bridgehead atoms. The number of ether oxygens (including phenoxy) is 1. The first-order valence-electron chi connectivity index (χ1n) is 8.32. The van der Waals surface area contributed by atoms with Crippen LogP contribution in [0.2, 0.25) is 0 Å². The maximum atomic E-state index is 11.8. The quantitative estimate of drug-likeness (QED) is 0.695. The van der Waals surface area contributed by atoms with Crippen molar-refractivity contribution in [1.82, 2.24) is 20.0 Å². The Kier molecular flexibility index (Phi) is 5.51. The molecule has 0 saturated heterocycles. The van der Waals surface area contributed by atoms with Gasteiger partial charge in [-0.25, -0.2) is 9.78 Å². The lowest BCUT2D eigenvalue weighted by molar-refractivity contribution is 0.241. The van der Waals surface area contributed by atoms with Crippen molar-refractivity contribution in [2.45, 2.75) is 12.8 Å². The SMILES string of the molecule is COc1ccc(CCNC(=O)NCCc2cn3ccccc3n2)cc1. The van der Waals surface area contributed by atoms with E-state index in [2.05, 4.69) is 15.6 Å². The van der Waals surface area contributed by atoms with Crippen LogP contribution in [0.5, 0.6) is 5.75 Å². The lowest BCUT2D eigenvalue weighted by Crippen LogP contribution is -2.37. The van der Waals surface area contributed by atoms with Crippen LogP contribution in [-0.4, -0.2) is 35.6 Å². The second kappa shape index (κ2) is 8.19. The van der Waals surface area contributed by atoms with Crippen LogP contribution in [0.1, 0.15) is 11.3 Å². The van der Waals surface area contributed by atoms with Crippen molar-refractivity contribution in [2.24, 2.45) is 0 Å². The van der Waals surface area contributed by atoms with Gasteiger partial charge in [0.25, 0.3) is 0 Å². The highest BCUT2D eigenvalue weighted by Crippen LogP contribution is 2.11. The van der Waals surface area contributed by atoms with E-state index in [1.807, 2.05) is 59.3 Å². The molecule has 2 amide bonds. The van der Waals surface area contributed by atoms with E-state index in [1.54, 1.807) is 7.11 Å². The van der Waals surface area contributed by atoms with Crippen molar-refractivity contribution >= 4 is 11.7 Å². The summed E-state index contributed by atoms with van der Waals surface area (Å²) in [5, 5.41) is 5.73. The van der Waals surface area contributed by atoms with Gasteiger partial charge in [-0.2, -0.15) is 0 Å². The summed E-state index contributed by atoms with van der Waals surface area (Å²) in [6.07, 6.45) is 5.43. The number of urea groups is 1. The van der Waals surface area contributed by atoms with E-state index in [4.69, 9.17) is 4.74 Å². The molecule has 2 N–H and O–H groups in total. The third kappa shape index (κ3) is 4.73. The molecule has 0 fully saturated rings. The number of hydrogen-bond donors (Lipinski definition) is 2. The fraction of sp³-hybridized carbons (Fsp3) is 0.263. The standard InChI is InChI=1S/C19H22N4O2/c1-25-17-7-5-15(6-8-17)9-11-20-19(24)21-12-10-16-14-23-13-3-2-4-18(23)22-16/h2-8,13-14H,9-12H2,1H3,(H2,20,21,24). The normalized spacial score (nSPS) is 10.6. The molecule has 0 radical (unpaired) electrons. The van der Waals surface area contributed by atoms with Gasteiger partial charge in [-0.3, -0.25) is 0 Å². The zero-order chi connectivity index (χ0) is 17.5. The number of carbonyl (C=O) groups is 1. The third-order valence-corrected chi connectivity index (χ3v) is 3.94. The summed E-state index contributed by atoms with van der Waals surface area (Å²) >= 11 is 0. The van der Waals surface area contributed by atoms with E-state index >= 15 is 0 Å². The van der Waals surface area contributed by atoms with Crippen LogP contribution in [0.25, 0.3) is 5.65 Å². The van der Waals surface area contributed by atoms with Crippen LogP contribution in [0.4, 0.5) is 4.79 Å². The summed E-state index contributed by atoms with van der Waals surface area (Å²) in [4.78, 5) is 16.3. The zero-order valence-electron chi connectivity index (χ0n) is 14.2. The van der Waals surface area contributed by atoms with Crippen molar-refractivity contribution in [3.05, 3.63) is 66.1 Å². The molecule has 6 nitrogen and oxygen atoms in total. The summed E-state index contributed by atoms with van der Waals surface area (Å²) in [6.45, 7) is 1.14. The minimum Gasteiger partial charge on any atom is -0.497 e. The maximum Gasteiger partial charge on any atom is 0.314 e. The maximum absolute atomic E-state index is 11.8. The fourth-order valence-corrected chi connectivity index (χ4v) is 2.59. The van der Waals surface area contributed by atoms with Crippen molar-refractivity contribution in [1.29, 1.82) is 0 Å². The van der Waals surface area contributed by atoms with Gasteiger partial charge in [0, 0.05) is 31.9 Å². The molecule has 1 aromatic carbocycles. The molecule has 0 aliphatic carbocycles. The second-order valence-electron chi connectivity index (χ2n) is 5.73. The largest absolute Gasteiger partial charge is 0.497 e. The minimum atomic E-state index is -0.155. The molecule has 0 aliphatic rings. The molecule has 130 valence electrons. The van der Waals surface area contributed by atoms with Gasteiger partial charge in [-0.05, 0) is 36.2 Å². The Balaban J connectivity index is 1.36. The fourth-order valence-electron chi connectivity index (χ4n) is 2.59. The van der Waals surface area contributed by atoms with E-state index in [0.717, 1.165) is 29.1 Å². The average molecular weight is 338 g/mol. The highest BCUT2D eigenvalue weighted by molar-refractivity contribution is 5.73. The van der Waals surface area contributed by atoms with E-state index in [9.17, 15) is 4.79 Å². The van der Waals surface area contributed by atoms with Crippen LogP contribution in [0.15, 0.2) is 54.9 Å². The van der Waals surface area contributed by atoms with E-state index in [0.29, 0.717) is 19.5 Å². The van der Waals surface area contributed by atoms with Crippen molar-refractivity contribution in [3.8, 4) is 5.75 Å². The molecule has 0 aliphatic heterocycles. The molecule has 0 saturated carbocycles. The molecular formula is C19H22N4O2. The zero-order valence-corrected chi connectivity index (χ0v) is 14.2. The first-order chi connectivity index (χ1) is 12.2. The summed E-state index contributed by atoms with van der Waals surface area (Å²) in [5.74, 6) is 0.835. The molecular weight excluding hydrogens is 316 g/mol. The molecule has 6 heteroatoms. The van der Waals surface area contributed by atoms with Crippen molar-refractivity contribution < 1.29 is 9.53 Å². The summed E-state index contributed by atoms with van der Waals surface area (Å²) in [7, 11) is 1.65. The number of carbonyl (C=O) groups excluding carboxylic acids is 1. The molecule has 2 heterocycles. The van der Waals surface area contributed by atoms with Gasteiger partial charge in [0.15, 0.2) is 0 Å². The molecule has 3 aromatic rings. The smallest absolute Gasteiger partial charge is 0.314 e. The summed E-state index contributed by atoms with van der Waals surface area (Å²) in [5.41, 5.74) is 3.04. The lowest BCUT2D eigenvalue weighted by Gasteiger charge is -2.07. The van der Waals surface area contributed by atoms with Crippen LogP contribution >= 0.6 is 0 Å². The predicted octanol–water partition coefficient (Wildman–Crippen LogP) is 2.43. The number of aromatic nitrogens is 2. The average Bonchev–Trinajstić information content (AvgIpc) is 3.05. The highest BCUT2D eigenvalue weighted by atomic mass is 16.5. The number of hydrogen-bond acceptors (Lipinski definition) is 3. The van der Waals surface area contributed by atoms with E-state index in [-0.39, 0.29) is 6.03 Å². The predicted molar refractivity (Wildman–Crippen MR) is 97.0 cm³/mol. The Bertz CT molecular complexity index is 794. The van der Waals surface area contributed by atoms with Crippen LogP contribution in [-0.2, 0) is 12.8 Å². The number of pyridine rings is 1. The van der Waals surface area contributed by atoms with Crippen molar-refractivity contribution in [3.63, 3.8) is 0 Å². The minimum absolute atomic E-state index is 0.155. The van der Waals surface area contributed by atoms with Crippen LogP contribution < -0.4 is 15.4 Å². The van der Waals surface area contributed by atoms with Gasteiger partial charge in [0.1, 0.15) is 11.4 Å². The Hall–Kier alpha value is -3.02. The van der Waals surface area contributed by atoms with Crippen molar-refractivity contribution in [2.75, 3.05) is 20.2 Å². The number of nitrogens with zero attached hydrogens (tertiary/aromatic N) is 2. The molecule has 0 atom stereocenters. The number of imidazole rings is 1. The number of nitrogens with one attached hydrogen (secondary N) is 2. The topological polar surface area (TPSA) is 67.7 Å². The molecule has 2 aromatic heterocycles. The van der Waals surface area contributed by atoms with Crippen LogP contribution in [0.3, 0.4) is 0 Å². The van der Waals surface area contributed by atoms with Gasteiger partial charge in [-0.15, -0.1) is 0 Å². The number of amides is 2. The molecule has 0 unspecified atom stereocenters. The van der Waals surface area contributed by atoms with Crippen LogP contribution in [0, 0.1) is 0 Å².